The van der Waals surface area contributed by atoms with E-state index in [2.05, 4.69) is 5.32 Å². The Morgan fingerprint density at radius 2 is 2.29 bits per heavy atom. The molecular weight excluding hydrogens is 219 g/mol. The van der Waals surface area contributed by atoms with E-state index in [1.165, 1.54) is 11.0 Å². The molecule has 0 radical (unpaired) electrons. The second kappa shape index (κ2) is 5.27. The normalized spacial score (nSPS) is 19.3. The summed E-state index contributed by atoms with van der Waals surface area (Å²) in [6, 6.07) is 6.42. The Balaban J connectivity index is 2.21. The van der Waals surface area contributed by atoms with Crippen LogP contribution in [0.2, 0.25) is 0 Å². The number of hydrogen-bond donors (Lipinski definition) is 1. The molecule has 1 aliphatic heterocycles. The van der Waals surface area contributed by atoms with Gasteiger partial charge in [0.25, 0.3) is 0 Å². The van der Waals surface area contributed by atoms with Crippen molar-refractivity contribution in [2.75, 3.05) is 24.5 Å². The number of para-hydroxylation sites is 1. The smallest absolute Gasteiger partial charge is 0.231 e. The van der Waals surface area contributed by atoms with Gasteiger partial charge in [0.1, 0.15) is 5.82 Å². The molecule has 0 bridgehead atoms. The van der Waals surface area contributed by atoms with Crippen LogP contribution in [0.3, 0.4) is 0 Å². The van der Waals surface area contributed by atoms with Crippen LogP contribution in [0.4, 0.5) is 10.1 Å². The summed E-state index contributed by atoms with van der Waals surface area (Å²) in [6.45, 7) is 3.93. The first-order valence-corrected chi connectivity index (χ1v) is 6.00. The largest absolute Gasteiger partial charge is 0.316 e. The van der Waals surface area contributed by atoms with Crippen LogP contribution in [0.15, 0.2) is 24.3 Å². The van der Waals surface area contributed by atoms with Crippen LogP contribution < -0.4 is 10.2 Å². The van der Waals surface area contributed by atoms with Gasteiger partial charge in [-0.2, -0.15) is 0 Å². The van der Waals surface area contributed by atoms with Gasteiger partial charge in [-0.05, 0) is 32.0 Å². The Morgan fingerprint density at radius 1 is 1.53 bits per heavy atom. The number of nitrogens with zero attached hydrogens (tertiary/aromatic N) is 1. The van der Waals surface area contributed by atoms with Crippen LogP contribution in [-0.4, -0.2) is 25.5 Å². The number of amides is 1. The van der Waals surface area contributed by atoms with Crippen LogP contribution in [0.25, 0.3) is 0 Å². The first-order chi connectivity index (χ1) is 8.24. The van der Waals surface area contributed by atoms with Crippen LogP contribution in [-0.2, 0) is 4.79 Å². The van der Waals surface area contributed by atoms with E-state index in [4.69, 9.17) is 0 Å². The lowest BCUT2D eigenvalue weighted by Gasteiger charge is -2.24. The highest BCUT2D eigenvalue weighted by Gasteiger charge is 2.28. The van der Waals surface area contributed by atoms with E-state index >= 15 is 0 Å². The van der Waals surface area contributed by atoms with Gasteiger partial charge in [-0.15, -0.1) is 0 Å². The molecule has 0 aromatic heterocycles. The van der Waals surface area contributed by atoms with Gasteiger partial charge in [-0.3, -0.25) is 4.79 Å². The molecule has 1 unspecified atom stereocenters. The third kappa shape index (κ3) is 2.47. The average molecular weight is 236 g/mol. The van der Waals surface area contributed by atoms with Gasteiger partial charge in [-0.25, -0.2) is 4.39 Å². The molecule has 1 aliphatic rings. The molecule has 92 valence electrons. The standard InChI is InChI=1S/C13H17FN2O/c1-2-16(12-6-4-3-5-11(12)14)13(17)10-7-8-15-9-10/h3-6,10,15H,2,7-9H2,1H3. The van der Waals surface area contributed by atoms with Gasteiger partial charge in [0, 0.05) is 13.1 Å². The van der Waals surface area contributed by atoms with Gasteiger partial charge >= 0.3 is 0 Å². The second-order valence-corrected chi connectivity index (χ2v) is 4.22. The zero-order valence-corrected chi connectivity index (χ0v) is 9.95. The molecule has 1 heterocycles. The summed E-state index contributed by atoms with van der Waals surface area (Å²) in [5.41, 5.74) is 0.381. The minimum Gasteiger partial charge on any atom is -0.316 e. The minimum absolute atomic E-state index is 0.0163. The lowest BCUT2D eigenvalue weighted by molar-refractivity contribution is -0.121. The average Bonchev–Trinajstić information content (AvgIpc) is 2.86. The molecule has 0 aliphatic carbocycles. The van der Waals surface area contributed by atoms with Gasteiger partial charge in [0.2, 0.25) is 5.91 Å². The minimum atomic E-state index is -0.339. The van der Waals surface area contributed by atoms with Crippen molar-refractivity contribution >= 4 is 11.6 Å². The fourth-order valence-electron chi connectivity index (χ4n) is 2.20. The van der Waals surface area contributed by atoms with Crippen molar-refractivity contribution in [2.24, 2.45) is 5.92 Å². The van der Waals surface area contributed by atoms with Crippen molar-refractivity contribution in [3.05, 3.63) is 30.1 Å². The molecule has 1 atom stereocenters. The third-order valence-corrected chi connectivity index (χ3v) is 3.14. The Kier molecular flexibility index (Phi) is 3.74. The zero-order valence-electron chi connectivity index (χ0n) is 9.95. The maximum absolute atomic E-state index is 13.7. The summed E-state index contributed by atoms with van der Waals surface area (Å²) >= 11 is 0. The van der Waals surface area contributed by atoms with Crippen molar-refractivity contribution in [2.45, 2.75) is 13.3 Å². The topological polar surface area (TPSA) is 32.3 Å². The number of nitrogens with one attached hydrogen (secondary N) is 1. The molecule has 0 saturated carbocycles. The Hall–Kier alpha value is -1.42. The van der Waals surface area contributed by atoms with Crippen molar-refractivity contribution in [3.63, 3.8) is 0 Å². The van der Waals surface area contributed by atoms with E-state index in [1.54, 1.807) is 18.2 Å². The molecule has 1 aromatic rings. The number of rotatable bonds is 3. The summed E-state index contributed by atoms with van der Waals surface area (Å²) in [5.74, 6) is -0.342. The summed E-state index contributed by atoms with van der Waals surface area (Å²) < 4.78 is 13.7. The fraction of sp³-hybridized carbons (Fsp3) is 0.462. The lowest BCUT2D eigenvalue weighted by Crippen LogP contribution is -2.37. The first kappa shape index (κ1) is 12.0. The summed E-state index contributed by atoms with van der Waals surface area (Å²) in [6.07, 6.45) is 0.837. The highest BCUT2D eigenvalue weighted by molar-refractivity contribution is 5.95. The monoisotopic (exact) mass is 236 g/mol. The van der Waals surface area contributed by atoms with E-state index in [0.717, 1.165) is 13.0 Å². The molecular formula is C13H17FN2O. The van der Waals surface area contributed by atoms with E-state index in [1.807, 2.05) is 6.92 Å². The number of carbonyl (C=O) groups excluding carboxylic acids is 1. The highest BCUT2D eigenvalue weighted by Crippen LogP contribution is 2.22. The summed E-state index contributed by atoms with van der Waals surface area (Å²) in [4.78, 5) is 13.8. The van der Waals surface area contributed by atoms with E-state index in [9.17, 15) is 9.18 Å². The fourth-order valence-corrected chi connectivity index (χ4v) is 2.20. The van der Waals surface area contributed by atoms with Gasteiger partial charge in [0.15, 0.2) is 0 Å². The van der Waals surface area contributed by atoms with Crippen LogP contribution in [0, 0.1) is 11.7 Å². The zero-order chi connectivity index (χ0) is 12.3. The number of anilines is 1. The van der Waals surface area contributed by atoms with Crippen LogP contribution >= 0.6 is 0 Å². The quantitative estimate of drug-likeness (QED) is 0.867. The van der Waals surface area contributed by atoms with Crippen LogP contribution in [0.1, 0.15) is 13.3 Å². The predicted molar refractivity (Wildman–Crippen MR) is 65.4 cm³/mol. The van der Waals surface area contributed by atoms with Crippen molar-refractivity contribution < 1.29 is 9.18 Å². The second-order valence-electron chi connectivity index (χ2n) is 4.22. The third-order valence-electron chi connectivity index (χ3n) is 3.14. The summed E-state index contributed by atoms with van der Waals surface area (Å²) in [5, 5.41) is 3.16. The molecule has 17 heavy (non-hydrogen) atoms. The molecule has 1 N–H and O–H groups in total. The molecule has 3 nitrogen and oxygen atoms in total. The van der Waals surface area contributed by atoms with E-state index < -0.39 is 0 Å². The van der Waals surface area contributed by atoms with E-state index in [-0.39, 0.29) is 17.6 Å². The van der Waals surface area contributed by atoms with Crippen molar-refractivity contribution in [1.29, 1.82) is 0 Å². The highest BCUT2D eigenvalue weighted by atomic mass is 19.1. The number of benzene rings is 1. The van der Waals surface area contributed by atoms with Crippen molar-refractivity contribution in [3.8, 4) is 0 Å². The van der Waals surface area contributed by atoms with Crippen molar-refractivity contribution in [1.82, 2.24) is 5.32 Å². The maximum Gasteiger partial charge on any atom is 0.231 e. The predicted octanol–water partition coefficient (Wildman–Crippen LogP) is 1.79. The SMILES string of the molecule is CCN(C(=O)C1CCNC1)c1ccccc1F. The van der Waals surface area contributed by atoms with Crippen LogP contribution in [0.5, 0.6) is 0 Å². The number of hydrogen-bond acceptors (Lipinski definition) is 2. The molecule has 1 saturated heterocycles. The molecule has 0 spiro atoms. The first-order valence-electron chi connectivity index (χ1n) is 6.00. The Labute approximate surface area is 101 Å². The van der Waals surface area contributed by atoms with E-state index in [0.29, 0.717) is 18.8 Å². The maximum atomic E-state index is 13.7. The molecule has 1 aromatic carbocycles. The molecule has 4 heteroatoms. The van der Waals surface area contributed by atoms with Gasteiger partial charge in [-0.1, -0.05) is 12.1 Å². The Morgan fingerprint density at radius 3 is 2.88 bits per heavy atom. The van der Waals surface area contributed by atoms with Gasteiger partial charge < -0.3 is 10.2 Å². The van der Waals surface area contributed by atoms with Gasteiger partial charge in [0.05, 0.1) is 11.6 Å². The summed E-state index contributed by atoms with van der Waals surface area (Å²) in [7, 11) is 0. The molecule has 1 amide bonds. The number of carbonyl (C=O) groups is 1. The number of halogens is 1. The Bertz CT molecular complexity index is 402. The lowest BCUT2D eigenvalue weighted by atomic mass is 10.1. The molecule has 1 fully saturated rings. The molecule has 2 rings (SSSR count).